The van der Waals surface area contributed by atoms with E-state index < -0.39 is 23.5 Å². The maximum Gasteiger partial charge on any atom is 0.421 e. The largest absolute Gasteiger partial charge is 0.443 e. The lowest BCUT2D eigenvalue weighted by molar-refractivity contribution is 0.0540. The van der Waals surface area contributed by atoms with Crippen LogP contribution in [0.2, 0.25) is 0 Å². The highest BCUT2D eigenvalue weighted by Gasteiger charge is 2.20. The molecule has 0 fully saturated rings. The first-order valence-corrected chi connectivity index (χ1v) is 8.93. The van der Waals surface area contributed by atoms with Gasteiger partial charge in [0.1, 0.15) is 11.4 Å². The number of hydrogen-bond acceptors (Lipinski definition) is 5. The highest BCUT2D eigenvalue weighted by Crippen LogP contribution is 2.16. The smallest absolute Gasteiger partial charge is 0.421 e. The second kappa shape index (κ2) is 8.73. The molecule has 2 amide bonds. The molecule has 9 heteroatoms. The Balaban J connectivity index is 1.80. The summed E-state index contributed by atoms with van der Waals surface area (Å²) in [7, 11) is 0. The summed E-state index contributed by atoms with van der Waals surface area (Å²) in [5.41, 5.74) is 6.93. The molecule has 0 unspecified atom stereocenters. The zero-order valence-corrected chi connectivity index (χ0v) is 16.5. The predicted octanol–water partition coefficient (Wildman–Crippen LogP) is 3.45. The van der Waals surface area contributed by atoms with E-state index in [1.54, 1.807) is 33.8 Å². The number of amides is 2. The number of aryl methyl sites for hydroxylation is 2. The molecule has 1 aromatic carbocycles. The highest BCUT2D eigenvalue weighted by molar-refractivity contribution is 5.90. The molecular weight excluding hydrogens is 365 g/mol. The minimum atomic E-state index is -0.634. The summed E-state index contributed by atoms with van der Waals surface area (Å²) in [5, 5.41) is 5.30. The van der Waals surface area contributed by atoms with Gasteiger partial charge in [-0.2, -0.15) is 0 Å². The number of carbonyl (C=O) groups is 2. The molecular formula is C19H26FN5O3. The summed E-state index contributed by atoms with van der Waals surface area (Å²) in [6, 6.07) is 3.77. The number of imidazole rings is 1. The first-order valence-electron chi connectivity index (χ1n) is 8.93. The summed E-state index contributed by atoms with van der Waals surface area (Å²) < 4.78 is 19.7. The van der Waals surface area contributed by atoms with Crippen LogP contribution in [-0.4, -0.2) is 33.8 Å². The van der Waals surface area contributed by atoms with Crippen LogP contribution in [0.4, 0.5) is 25.6 Å². The number of nitrogens with zero attached hydrogens (tertiary/aromatic N) is 2. The van der Waals surface area contributed by atoms with Gasteiger partial charge < -0.3 is 21.1 Å². The van der Waals surface area contributed by atoms with E-state index in [4.69, 9.17) is 10.5 Å². The Morgan fingerprint density at radius 1 is 1.32 bits per heavy atom. The maximum absolute atomic E-state index is 13.3. The fourth-order valence-corrected chi connectivity index (χ4v) is 2.39. The molecule has 28 heavy (non-hydrogen) atoms. The van der Waals surface area contributed by atoms with Crippen LogP contribution in [0.3, 0.4) is 0 Å². The van der Waals surface area contributed by atoms with Crippen molar-refractivity contribution in [3.05, 3.63) is 41.5 Å². The average Bonchev–Trinajstić information content (AvgIpc) is 2.94. The lowest BCUT2D eigenvalue weighted by Crippen LogP contribution is -2.30. The van der Waals surface area contributed by atoms with Crippen molar-refractivity contribution in [2.75, 3.05) is 17.6 Å². The molecule has 1 aromatic heterocycles. The average molecular weight is 391 g/mol. The second-order valence-electron chi connectivity index (χ2n) is 7.38. The van der Waals surface area contributed by atoms with Crippen molar-refractivity contribution in [1.82, 2.24) is 14.9 Å². The third-order valence-electron chi connectivity index (χ3n) is 3.72. The number of ether oxygens (including phenoxy) is 1. The van der Waals surface area contributed by atoms with Crippen LogP contribution in [0.5, 0.6) is 0 Å². The number of benzene rings is 1. The van der Waals surface area contributed by atoms with Crippen molar-refractivity contribution in [2.45, 2.75) is 46.1 Å². The minimum Gasteiger partial charge on any atom is -0.443 e. The minimum absolute atomic E-state index is 0.0523. The summed E-state index contributed by atoms with van der Waals surface area (Å²) in [6.07, 6.45) is 2.03. The predicted molar refractivity (Wildman–Crippen MR) is 105 cm³/mol. The molecule has 152 valence electrons. The topological polar surface area (TPSA) is 111 Å². The molecule has 0 saturated heterocycles. The Kier molecular flexibility index (Phi) is 6.61. The van der Waals surface area contributed by atoms with Crippen molar-refractivity contribution in [2.24, 2.45) is 0 Å². The fraction of sp³-hybridized carbons (Fsp3) is 0.421. The number of nitrogens with one attached hydrogen (secondary N) is 2. The molecule has 2 rings (SSSR count). The van der Waals surface area contributed by atoms with Crippen LogP contribution in [0.1, 0.15) is 38.4 Å². The Morgan fingerprint density at radius 2 is 2.04 bits per heavy atom. The number of hydrogen-bond donors (Lipinski definition) is 3. The van der Waals surface area contributed by atoms with Gasteiger partial charge in [0, 0.05) is 18.4 Å². The van der Waals surface area contributed by atoms with E-state index in [1.807, 2.05) is 0 Å². The van der Waals surface area contributed by atoms with Crippen LogP contribution in [0, 0.1) is 12.7 Å². The lowest BCUT2D eigenvalue weighted by atomic mass is 10.2. The first-order chi connectivity index (χ1) is 13.0. The van der Waals surface area contributed by atoms with Gasteiger partial charge in [0.15, 0.2) is 0 Å². The van der Waals surface area contributed by atoms with Gasteiger partial charge in [0.05, 0.1) is 5.69 Å². The van der Waals surface area contributed by atoms with E-state index in [0.29, 0.717) is 30.8 Å². The fourth-order valence-electron chi connectivity index (χ4n) is 2.39. The number of rotatable bonds is 5. The van der Waals surface area contributed by atoms with E-state index in [-0.39, 0.29) is 5.95 Å². The van der Waals surface area contributed by atoms with Crippen LogP contribution < -0.4 is 16.4 Å². The summed E-state index contributed by atoms with van der Waals surface area (Å²) in [5.74, 6) is -0.365. The van der Waals surface area contributed by atoms with Gasteiger partial charge in [-0.05, 0) is 58.2 Å². The molecule has 0 radical (unpaired) electrons. The molecule has 0 saturated carbocycles. The van der Waals surface area contributed by atoms with E-state index >= 15 is 0 Å². The SMILES string of the molecule is Cc1ccc(F)cc1NC(=O)NCCCc1cn(C(=O)OC(C)(C)C)c(N)n1. The number of aromatic nitrogens is 2. The highest BCUT2D eigenvalue weighted by atomic mass is 19.1. The third kappa shape index (κ3) is 6.26. The number of carbonyl (C=O) groups excluding carboxylic acids is 2. The van der Waals surface area contributed by atoms with Gasteiger partial charge in [-0.3, -0.25) is 0 Å². The van der Waals surface area contributed by atoms with Gasteiger partial charge in [-0.15, -0.1) is 0 Å². The van der Waals surface area contributed by atoms with Gasteiger partial charge in [-0.25, -0.2) is 23.5 Å². The van der Waals surface area contributed by atoms with Crippen LogP contribution in [0.15, 0.2) is 24.4 Å². The Morgan fingerprint density at radius 3 is 2.71 bits per heavy atom. The molecule has 4 N–H and O–H groups in total. The number of urea groups is 1. The van der Waals surface area contributed by atoms with Crippen LogP contribution >= 0.6 is 0 Å². The zero-order chi connectivity index (χ0) is 20.9. The first kappa shape index (κ1) is 21.2. The van der Waals surface area contributed by atoms with Crippen molar-refractivity contribution in [3.8, 4) is 0 Å². The molecule has 1 heterocycles. The molecule has 8 nitrogen and oxygen atoms in total. The van der Waals surface area contributed by atoms with Gasteiger partial charge in [0.2, 0.25) is 5.95 Å². The second-order valence-corrected chi connectivity index (χ2v) is 7.38. The number of halogens is 1. The van der Waals surface area contributed by atoms with Gasteiger partial charge >= 0.3 is 12.1 Å². The molecule has 0 bridgehead atoms. The van der Waals surface area contributed by atoms with Gasteiger partial charge in [-0.1, -0.05) is 6.07 Å². The van der Waals surface area contributed by atoms with Crippen molar-refractivity contribution < 1.29 is 18.7 Å². The van der Waals surface area contributed by atoms with Gasteiger partial charge in [0.25, 0.3) is 0 Å². The lowest BCUT2D eigenvalue weighted by Gasteiger charge is -2.19. The summed E-state index contributed by atoms with van der Waals surface area (Å²) >= 11 is 0. The molecule has 0 spiro atoms. The number of nitrogen functional groups attached to an aromatic ring is 1. The standard InChI is InChI=1S/C19H26FN5O3/c1-12-7-8-13(20)10-15(12)24-17(26)22-9-5-6-14-11-25(16(21)23-14)18(27)28-19(2,3)4/h7-8,10-11H,5-6,9H2,1-4H3,(H2,21,23)(H2,22,24,26). The van der Waals surface area contributed by atoms with Crippen molar-refractivity contribution >= 4 is 23.8 Å². The molecule has 2 aromatic rings. The maximum atomic E-state index is 13.3. The van der Waals surface area contributed by atoms with Crippen LogP contribution in [-0.2, 0) is 11.2 Å². The Bertz CT molecular complexity index is 858. The monoisotopic (exact) mass is 391 g/mol. The van der Waals surface area contributed by atoms with E-state index in [9.17, 15) is 14.0 Å². The molecule has 0 aliphatic heterocycles. The molecule has 0 atom stereocenters. The summed E-state index contributed by atoms with van der Waals surface area (Å²) in [6.45, 7) is 7.45. The Hall–Kier alpha value is -3.10. The van der Waals surface area contributed by atoms with E-state index in [0.717, 1.165) is 10.1 Å². The quantitative estimate of drug-likeness (QED) is 0.676. The van der Waals surface area contributed by atoms with E-state index in [2.05, 4.69) is 15.6 Å². The molecule has 0 aliphatic carbocycles. The zero-order valence-electron chi connectivity index (χ0n) is 16.5. The third-order valence-corrected chi connectivity index (χ3v) is 3.72. The van der Waals surface area contributed by atoms with Crippen molar-refractivity contribution in [1.29, 1.82) is 0 Å². The number of nitrogens with two attached hydrogens (primary N) is 1. The van der Waals surface area contributed by atoms with Crippen LogP contribution in [0.25, 0.3) is 0 Å². The Labute approximate surface area is 163 Å². The van der Waals surface area contributed by atoms with E-state index in [1.165, 1.54) is 18.3 Å². The molecule has 0 aliphatic rings. The van der Waals surface area contributed by atoms with Crippen molar-refractivity contribution in [3.63, 3.8) is 0 Å². The summed E-state index contributed by atoms with van der Waals surface area (Å²) in [4.78, 5) is 28.1. The normalized spacial score (nSPS) is 11.2. The number of anilines is 2.